The Balaban J connectivity index is 2.53. The molecule has 0 N–H and O–H groups in total. The maximum atomic E-state index is 6.27. The third kappa shape index (κ3) is 3.38. The quantitative estimate of drug-likeness (QED) is 0.390. The smallest absolute Gasteiger partial charge is 0.0671 e. The van der Waals surface area contributed by atoms with Gasteiger partial charge >= 0.3 is 0 Å². The molecule has 1 atom stereocenters. The normalized spacial score (nSPS) is 12.5. The van der Waals surface area contributed by atoms with Crippen LogP contribution >= 0.6 is 71.0 Å². The Kier molecular flexibility index (Phi) is 5.41. The summed E-state index contributed by atoms with van der Waals surface area (Å²) in [6.45, 7) is 2.05. The highest BCUT2D eigenvalue weighted by Crippen LogP contribution is 2.42. The number of hydrogen-bond donors (Lipinski definition) is 0. The highest BCUT2D eigenvalue weighted by molar-refractivity contribution is 9.11. The molecule has 100 valence electrons. The largest absolute Gasteiger partial charge is 0.0827 e. The van der Waals surface area contributed by atoms with Crippen LogP contribution in [0.1, 0.15) is 21.5 Å². The van der Waals surface area contributed by atoms with Crippen LogP contribution in [0, 0.1) is 6.92 Å². The third-order valence-corrected chi connectivity index (χ3v) is 6.17. The van der Waals surface area contributed by atoms with Gasteiger partial charge in [-0.25, -0.2) is 0 Å². The molecular formula is C14H9Br3Cl2. The first-order valence-electron chi connectivity index (χ1n) is 5.45. The summed E-state index contributed by atoms with van der Waals surface area (Å²) in [5.74, 6) is 0. The van der Waals surface area contributed by atoms with Crippen molar-refractivity contribution < 1.29 is 0 Å². The molecule has 0 aliphatic rings. The summed E-state index contributed by atoms with van der Waals surface area (Å²) in [6.07, 6.45) is 0. The second-order valence-corrected chi connectivity index (χ2v) is 7.54. The zero-order valence-corrected chi connectivity index (χ0v) is 16.1. The molecule has 0 aliphatic carbocycles. The molecule has 0 heterocycles. The molecule has 19 heavy (non-hydrogen) atoms. The van der Waals surface area contributed by atoms with E-state index < -0.39 is 0 Å². The highest BCUT2D eigenvalue weighted by Gasteiger charge is 2.18. The first-order valence-corrected chi connectivity index (χ1v) is 8.71. The Morgan fingerprint density at radius 3 is 2.37 bits per heavy atom. The van der Waals surface area contributed by atoms with Gasteiger partial charge < -0.3 is 0 Å². The molecule has 2 aromatic carbocycles. The molecule has 0 radical (unpaired) electrons. The van der Waals surface area contributed by atoms with E-state index in [9.17, 15) is 0 Å². The van der Waals surface area contributed by atoms with E-state index in [0.717, 1.165) is 20.1 Å². The SMILES string of the molecule is Cc1cc(Br)c(C(Br)c2cccc(Cl)c2Cl)cc1Br. The molecule has 0 aliphatic heterocycles. The summed E-state index contributed by atoms with van der Waals surface area (Å²) < 4.78 is 2.10. The lowest BCUT2D eigenvalue weighted by Crippen LogP contribution is -1.96. The Hall–Kier alpha value is 0.460. The van der Waals surface area contributed by atoms with Crippen LogP contribution in [0.2, 0.25) is 10.0 Å². The van der Waals surface area contributed by atoms with Crippen LogP contribution in [0.25, 0.3) is 0 Å². The first kappa shape index (κ1) is 15.8. The third-order valence-electron chi connectivity index (χ3n) is 2.81. The van der Waals surface area contributed by atoms with Gasteiger partial charge in [-0.15, -0.1) is 0 Å². The molecule has 2 rings (SSSR count). The van der Waals surface area contributed by atoms with E-state index in [0.29, 0.717) is 10.0 Å². The molecule has 2 aromatic rings. The van der Waals surface area contributed by atoms with Gasteiger partial charge in [0.15, 0.2) is 0 Å². The molecule has 0 bridgehead atoms. The van der Waals surface area contributed by atoms with Gasteiger partial charge in [0.05, 0.1) is 14.9 Å². The summed E-state index contributed by atoms with van der Waals surface area (Å²) in [6, 6.07) is 9.80. The monoisotopic (exact) mass is 484 g/mol. The van der Waals surface area contributed by atoms with Crippen molar-refractivity contribution in [3.63, 3.8) is 0 Å². The van der Waals surface area contributed by atoms with E-state index in [-0.39, 0.29) is 4.83 Å². The van der Waals surface area contributed by atoms with Crippen LogP contribution < -0.4 is 0 Å². The maximum Gasteiger partial charge on any atom is 0.0671 e. The fraction of sp³-hybridized carbons (Fsp3) is 0.143. The molecule has 0 aromatic heterocycles. The van der Waals surface area contributed by atoms with Crippen molar-refractivity contribution in [2.45, 2.75) is 11.8 Å². The summed E-state index contributed by atoms with van der Waals surface area (Å²) in [4.78, 5) is -0.0232. The van der Waals surface area contributed by atoms with Gasteiger partial charge in [0.1, 0.15) is 0 Å². The van der Waals surface area contributed by atoms with Gasteiger partial charge in [-0.1, -0.05) is 83.1 Å². The van der Waals surface area contributed by atoms with E-state index in [1.165, 1.54) is 5.56 Å². The molecule has 0 spiro atoms. The van der Waals surface area contributed by atoms with Crippen molar-refractivity contribution in [2.75, 3.05) is 0 Å². The molecular weight excluding hydrogens is 479 g/mol. The number of halogens is 5. The molecule has 0 amide bonds. The lowest BCUT2D eigenvalue weighted by atomic mass is 10.0. The predicted octanol–water partition coefficient (Wildman–Crippen LogP) is 7.31. The number of benzene rings is 2. The van der Waals surface area contributed by atoms with Crippen LogP contribution in [0.15, 0.2) is 39.3 Å². The van der Waals surface area contributed by atoms with Crippen molar-refractivity contribution in [3.05, 3.63) is 66.0 Å². The minimum atomic E-state index is -0.0232. The lowest BCUT2D eigenvalue weighted by Gasteiger charge is -2.16. The molecule has 0 fully saturated rings. The minimum Gasteiger partial charge on any atom is -0.0827 e. The summed E-state index contributed by atoms with van der Waals surface area (Å²) in [7, 11) is 0. The van der Waals surface area contributed by atoms with Crippen LogP contribution in [0.5, 0.6) is 0 Å². The number of hydrogen-bond acceptors (Lipinski definition) is 0. The van der Waals surface area contributed by atoms with Crippen LogP contribution in [-0.4, -0.2) is 0 Å². The minimum absolute atomic E-state index is 0.0232. The predicted molar refractivity (Wildman–Crippen MR) is 93.8 cm³/mol. The summed E-state index contributed by atoms with van der Waals surface area (Å²) in [5, 5.41) is 1.14. The molecule has 1 unspecified atom stereocenters. The Bertz CT molecular complexity index is 626. The van der Waals surface area contributed by atoms with E-state index >= 15 is 0 Å². The van der Waals surface area contributed by atoms with E-state index in [1.54, 1.807) is 6.07 Å². The Labute approximate surface area is 147 Å². The van der Waals surface area contributed by atoms with Crippen molar-refractivity contribution >= 4 is 71.0 Å². The van der Waals surface area contributed by atoms with E-state index in [1.807, 2.05) is 19.1 Å². The second-order valence-electron chi connectivity index (χ2n) is 4.13. The molecule has 0 saturated heterocycles. The average Bonchev–Trinajstić information content (AvgIpc) is 2.36. The fourth-order valence-electron chi connectivity index (χ4n) is 1.74. The van der Waals surface area contributed by atoms with Gasteiger partial charge in [0.25, 0.3) is 0 Å². The van der Waals surface area contributed by atoms with Crippen LogP contribution in [-0.2, 0) is 0 Å². The zero-order valence-electron chi connectivity index (χ0n) is 9.85. The van der Waals surface area contributed by atoms with Gasteiger partial charge in [0, 0.05) is 8.95 Å². The second kappa shape index (κ2) is 6.48. The van der Waals surface area contributed by atoms with Gasteiger partial charge in [0.2, 0.25) is 0 Å². The van der Waals surface area contributed by atoms with Crippen LogP contribution in [0.3, 0.4) is 0 Å². The number of aryl methyl sites for hydroxylation is 1. The molecule has 0 nitrogen and oxygen atoms in total. The highest BCUT2D eigenvalue weighted by atomic mass is 79.9. The van der Waals surface area contributed by atoms with E-state index in [4.69, 9.17) is 23.2 Å². The lowest BCUT2D eigenvalue weighted by molar-refractivity contribution is 1.15. The fourth-order valence-corrected chi connectivity index (χ4v) is 4.40. The van der Waals surface area contributed by atoms with Crippen molar-refractivity contribution in [1.82, 2.24) is 0 Å². The van der Waals surface area contributed by atoms with Crippen molar-refractivity contribution in [2.24, 2.45) is 0 Å². The van der Waals surface area contributed by atoms with Gasteiger partial charge in [-0.3, -0.25) is 0 Å². The number of alkyl halides is 1. The summed E-state index contributed by atoms with van der Waals surface area (Å²) in [5.41, 5.74) is 3.22. The molecule has 0 saturated carbocycles. The van der Waals surface area contributed by atoms with E-state index in [2.05, 4.69) is 59.9 Å². The van der Waals surface area contributed by atoms with Gasteiger partial charge in [-0.2, -0.15) is 0 Å². The van der Waals surface area contributed by atoms with Crippen LogP contribution in [0.4, 0.5) is 0 Å². The van der Waals surface area contributed by atoms with Crippen molar-refractivity contribution in [1.29, 1.82) is 0 Å². The topological polar surface area (TPSA) is 0 Å². The number of rotatable bonds is 2. The standard InChI is InChI=1S/C14H9Br3Cl2/c1-7-5-11(16)9(6-10(7)15)13(17)8-3-2-4-12(18)14(8)19/h2-6,13H,1H3. The van der Waals surface area contributed by atoms with Gasteiger partial charge in [-0.05, 0) is 41.8 Å². The average molecular weight is 488 g/mol. The zero-order chi connectivity index (χ0) is 14.2. The molecule has 5 heteroatoms. The van der Waals surface area contributed by atoms with Crippen molar-refractivity contribution in [3.8, 4) is 0 Å². The maximum absolute atomic E-state index is 6.27. The Morgan fingerprint density at radius 2 is 1.68 bits per heavy atom. The Morgan fingerprint density at radius 1 is 1.00 bits per heavy atom. The first-order chi connectivity index (χ1) is 8.91. The summed E-state index contributed by atoms with van der Waals surface area (Å²) >= 11 is 23.2.